The number of aromatic nitrogens is 1. The molecule has 6 nitrogen and oxygen atoms in total. The van der Waals surface area contributed by atoms with E-state index in [9.17, 15) is 4.79 Å². The average molecular weight is 323 g/mol. The molecule has 3 rings (SSSR count). The smallest absolute Gasteiger partial charge is 0.329 e. The molecule has 0 saturated carbocycles. The number of aliphatic hydroxyl groups is 1. The highest BCUT2D eigenvalue weighted by atomic mass is 32.2. The zero-order valence-corrected chi connectivity index (χ0v) is 12.6. The number of aliphatic imine (C=N–C) groups is 1. The fourth-order valence-electron chi connectivity index (χ4n) is 1.94. The van der Waals surface area contributed by atoms with Crippen LogP contribution < -0.4 is 5.32 Å². The van der Waals surface area contributed by atoms with Crippen molar-refractivity contribution in [2.45, 2.75) is 6.04 Å². The molecule has 0 aliphatic carbocycles. The Kier molecular flexibility index (Phi) is 4.09. The van der Waals surface area contributed by atoms with Gasteiger partial charge >= 0.3 is 5.97 Å². The van der Waals surface area contributed by atoms with Gasteiger partial charge in [-0.15, -0.1) is 23.1 Å². The van der Waals surface area contributed by atoms with E-state index in [-0.39, 0.29) is 6.61 Å². The lowest BCUT2D eigenvalue weighted by atomic mass is 10.3. The molecule has 21 heavy (non-hydrogen) atoms. The van der Waals surface area contributed by atoms with E-state index >= 15 is 0 Å². The predicted molar refractivity (Wildman–Crippen MR) is 85.6 cm³/mol. The number of nitrogens with zero attached hydrogens (tertiary/aromatic N) is 2. The van der Waals surface area contributed by atoms with E-state index in [4.69, 9.17) is 10.2 Å². The lowest BCUT2D eigenvalue weighted by molar-refractivity contribution is -0.137. The van der Waals surface area contributed by atoms with Crippen molar-refractivity contribution in [3.63, 3.8) is 0 Å². The summed E-state index contributed by atoms with van der Waals surface area (Å²) in [6, 6.07) is 5.12. The van der Waals surface area contributed by atoms with Crippen molar-refractivity contribution in [1.82, 2.24) is 4.98 Å². The van der Waals surface area contributed by atoms with Crippen LogP contribution in [0, 0.1) is 0 Å². The molecule has 0 unspecified atom stereocenters. The quantitative estimate of drug-likeness (QED) is 0.774. The number of carboxylic acid groups (broad SMARTS) is 1. The second kappa shape index (κ2) is 6.00. The van der Waals surface area contributed by atoms with Gasteiger partial charge in [-0.2, -0.15) is 0 Å². The number of nitrogens with one attached hydrogen (secondary N) is 1. The first-order valence-electron chi connectivity index (χ1n) is 6.36. The van der Waals surface area contributed by atoms with Crippen molar-refractivity contribution in [2.24, 2.45) is 4.99 Å². The normalized spacial score (nSPS) is 18.0. The SMILES string of the molecule is O=C(O)[C@H]1CSC(c2nc3ccc(NCCO)cc3s2)=N1. The highest BCUT2D eigenvalue weighted by molar-refractivity contribution is 8.15. The molecule has 0 fully saturated rings. The van der Waals surface area contributed by atoms with E-state index in [1.54, 1.807) is 0 Å². The van der Waals surface area contributed by atoms with Crippen LogP contribution in [0.5, 0.6) is 0 Å². The van der Waals surface area contributed by atoms with Crippen LogP contribution in [0.15, 0.2) is 23.2 Å². The number of thiazole rings is 1. The Balaban J connectivity index is 1.87. The van der Waals surface area contributed by atoms with Gasteiger partial charge in [0.2, 0.25) is 0 Å². The van der Waals surface area contributed by atoms with Crippen LogP contribution in [-0.4, -0.2) is 51.2 Å². The van der Waals surface area contributed by atoms with Gasteiger partial charge in [0, 0.05) is 18.0 Å². The van der Waals surface area contributed by atoms with Crippen LogP contribution in [0.3, 0.4) is 0 Å². The van der Waals surface area contributed by atoms with E-state index in [0.29, 0.717) is 17.3 Å². The van der Waals surface area contributed by atoms with Gasteiger partial charge in [-0.3, -0.25) is 4.99 Å². The first kappa shape index (κ1) is 14.3. The summed E-state index contributed by atoms with van der Waals surface area (Å²) in [6.07, 6.45) is 0. The topological polar surface area (TPSA) is 94.8 Å². The standard InChI is InChI=1S/C13H13N3O3S2/c17-4-3-14-7-1-2-8-10(5-7)21-12(15-8)11-16-9(6-20-11)13(18)19/h1-2,5,9,14,17H,3-4,6H2,(H,18,19)/t9-/m1/s1. The molecule has 110 valence electrons. The number of carbonyl (C=O) groups is 1. The average Bonchev–Trinajstić information content (AvgIpc) is 3.10. The molecule has 2 aromatic rings. The highest BCUT2D eigenvalue weighted by Crippen LogP contribution is 2.31. The molecule has 1 aromatic carbocycles. The zero-order chi connectivity index (χ0) is 14.8. The third-order valence-corrected chi connectivity index (χ3v) is 5.16. The first-order valence-corrected chi connectivity index (χ1v) is 8.16. The van der Waals surface area contributed by atoms with E-state index in [0.717, 1.165) is 20.9 Å². The molecular formula is C13H13N3O3S2. The second-order valence-electron chi connectivity index (χ2n) is 4.45. The molecule has 1 aromatic heterocycles. The van der Waals surface area contributed by atoms with Crippen molar-refractivity contribution >= 4 is 50.0 Å². The molecular weight excluding hydrogens is 310 g/mol. The number of aliphatic hydroxyl groups excluding tert-OH is 1. The Morgan fingerprint density at radius 3 is 3.05 bits per heavy atom. The summed E-state index contributed by atoms with van der Waals surface area (Å²) in [7, 11) is 0. The molecule has 3 N–H and O–H groups in total. The Bertz CT molecular complexity index is 714. The molecule has 1 aliphatic rings. The maximum absolute atomic E-state index is 10.9. The second-order valence-corrected chi connectivity index (χ2v) is 6.49. The van der Waals surface area contributed by atoms with Gasteiger partial charge < -0.3 is 15.5 Å². The van der Waals surface area contributed by atoms with E-state index in [1.807, 2.05) is 18.2 Å². The Hall–Kier alpha value is -1.64. The number of anilines is 1. The summed E-state index contributed by atoms with van der Waals surface area (Å²) in [6.45, 7) is 0.579. The van der Waals surface area contributed by atoms with Crippen molar-refractivity contribution < 1.29 is 15.0 Å². The van der Waals surface area contributed by atoms with E-state index < -0.39 is 12.0 Å². The number of rotatable bonds is 5. The molecule has 1 atom stereocenters. The van der Waals surface area contributed by atoms with E-state index in [2.05, 4.69) is 15.3 Å². The highest BCUT2D eigenvalue weighted by Gasteiger charge is 2.26. The van der Waals surface area contributed by atoms with Crippen LogP contribution in [0.25, 0.3) is 10.2 Å². The molecule has 1 aliphatic heterocycles. The number of thioether (sulfide) groups is 1. The maximum Gasteiger partial charge on any atom is 0.329 e. The molecule has 8 heteroatoms. The van der Waals surface area contributed by atoms with Gasteiger partial charge in [-0.05, 0) is 18.2 Å². The van der Waals surface area contributed by atoms with Crippen LogP contribution >= 0.6 is 23.1 Å². The van der Waals surface area contributed by atoms with Crippen molar-refractivity contribution in [1.29, 1.82) is 0 Å². The van der Waals surface area contributed by atoms with Gasteiger partial charge in [0.1, 0.15) is 10.1 Å². The Morgan fingerprint density at radius 1 is 1.48 bits per heavy atom. The number of hydrogen-bond donors (Lipinski definition) is 3. The predicted octanol–water partition coefficient (Wildman–Crippen LogP) is 1.65. The molecule has 0 radical (unpaired) electrons. The lowest BCUT2D eigenvalue weighted by Gasteiger charge is -2.02. The van der Waals surface area contributed by atoms with Crippen LogP contribution in [0.1, 0.15) is 5.01 Å². The van der Waals surface area contributed by atoms with E-state index in [1.165, 1.54) is 23.1 Å². The van der Waals surface area contributed by atoms with Crippen LogP contribution in [-0.2, 0) is 4.79 Å². The third-order valence-electron chi connectivity index (χ3n) is 2.95. The van der Waals surface area contributed by atoms with Gasteiger partial charge in [-0.1, -0.05) is 0 Å². The molecule has 0 spiro atoms. The lowest BCUT2D eigenvalue weighted by Crippen LogP contribution is -2.17. The largest absolute Gasteiger partial charge is 0.480 e. The van der Waals surface area contributed by atoms with Gasteiger partial charge in [0.25, 0.3) is 0 Å². The number of hydrogen-bond acceptors (Lipinski definition) is 7. The van der Waals surface area contributed by atoms with Gasteiger partial charge in [0.15, 0.2) is 6.04 Å². The monoisotopic (exact) mass is 323 g/mol. The van der Waals surface area contributed by atoms with Crippen molar-refractivity contribution in [3.05, 3.63) is 23.2 Å². The van der Waals surface area contributed by atoms with Gasteiger partial charge in [-0.25, -0.2) is 9.78 Å². The van der Waals surface area contributed by atoms with Crippen LogP contribution in [0.2, 0.25) is 0 Å². The summed E-state index contributed by atoms with van der Waals surface area (Å²) >= 11 is 2.93. The maximum atomic E-state index is 10.9. The molecule has 0 bridgehead atoms. The summed E-state index contributed by atoms with van der Waals surface area (Å²) in [5.74, 6) is -0.432. The number of aliphatic carboxylic acids is 1. The summed E-state index contributed by atoms with van der Waals surface area (Å²) < 4.78 is 1.01. The Morgan fingerprint density at radius 2 is 2.33 bits per heavy atom. The first-order chi connectivity index (χ1) is 10.2. The minimum absolute atomic E-state index is 0.0794. The number of benzene rings is 1. The minimum Gasteiger partial charge on any atom is -0.480 e. The fraction of sp³-hybridized carbons (Fsp3) is 0.308. The summed E-state index contributed by atoms with van der Waals surface area (Å²) in [4.78, 5) is 19.6. The summed E-state index contributed by atoms with van der Waals surface area (Å²) in [5, 5.41) is 22.4. The molecule has 2 heterocycles. The number of fused-ring (bicyclic) bond motifs is 1. The van der Waals surface area contributed by atoms with Crippen molar-refractivity contribution in [2.75, 3.05) is 24.2 Å². The number of carboxylic acids is 1. The summed E-state index contributed by atoms with van der Waals surface area (Å²) in [5.41, 5.74) is 1.79. The molecule has 0 amide bonds. The minimum atomic E-state index is -0.894. The van der Waals surface area contributed by atoms with Crippen molar-refractivity contribution in [3.8, 4) is 0 Å². The van der Waals surface area contributed by atoms with Crippen LogP contribution in [0.4, 0.5) is 5.69 Å². The van der Waals surface area contributed by atoms with Gasteiger partial charge in [0.05, 0.1) is 16.8 Å². The Labute approximate surface area is 128 Å². The zero-order valence-electron chi connectivity index (χ0n) is 10.9. The molecule has 0 saturated heterocycles. The fourth-order valence-corrected chi connectivity index (χ4v) is 4.05. The third kappa shape index (κ3) is 3.02.